The lowest BCUT2D eigenvalue weighted by molar-refractivity contribution is -0.157. The minimum atomic E-state index is -1.71. The quantitative estimate of drug-likeness (QED) is 0.556. The Morgan fingerprint density at radius 3 is 1.86 bits per heavy atom. The highest BCUT2D eigenvalue weighted by atomic mass is 16.6. The summed E-state index contributed by atoms with van der Waals surface area (Å²) in [6.07, 6.45) is -1.91. The third-order valence-corrected chi connectivity index (χ3v) is 4.27. The Morgan fingerprint density at radius 2 is 1.45 bits per heavy atom. The molecule has 0 spiro atoms. The summed E-state index contributed by atoms with van der Waals surface area (Å²) >= 11 is 0. The zero-order valence-electron chi connectivity index (χ0n) is 18.2. The third-order valence-electron chi connectivity index (χ3n) is 4.27. The Kier molecular flexibility index (Phi) is 5.88. The van der Waals surface area contributed by atoms with Crippen LogP contribution in [0.15, 0.2) is 18.2 Å². The number of hydrogen-bond acceptors (Lipinski definition) is 7. The Bertz CT molecular complexity index is 791. The number of carbonyl (C=O) groups excluding carboxylic acids is 3. The number of hydrogen-bond donors (Lipinski definition) is 0. The molecule has 1 atom stereocenters. The summed E-state index contributed by atoms with van der Waals surface area (Å²) in [6.45, 7) is 10.0. The van der Waals surface area contributed by atoms with Crippen LogP contribution < -0.4 is 4.74 Å². The second-order valence-electron chi connectivity index (χ2n) is 8.85. The van der Waals surface area contributed by atoms with Gasteiger partial charge in [-0.15, -0.1) is 0 Å². The van der Waals surface area contributed by atoms with E-state index in [1.54, 1.807) is 59.7 Å². The summed E-state index contributed by atoms with van der Waals surface area (Å²) in [5.41, 5.74) is -2.28. The first-order valence-corrected chi connectivity index (χ1v) is 9.27. The number of imide groups is 1. The van der Waals surface area contributed by atoms with Crippen molar-refractivity contribution in [1.29, 1.82) is 0 Å². The molecule has 1 aromatic rings. The van der Waals surface area contributed by atoms with Crippen LogP contribution >= 0.6 is 0 Å². The van der Waals surface area contributed by atoms with Gasteiger partial charge in [0.15, 0.2) is 5.54 Å². The highest BCUT2D eigenvalue weighted by Crippen LogP contribution is 2.47. The molecular weight excluding hydrogens is 378 g/mol. The molecule has 1 aliphatic rings. The Labute approximate surface area is 171 Å². The molecule has 1 unspecified atom stereocenters. The molecule has 1 aromatic carbocycles. The number of ether oxygens (including phenoxy) is 4. The smallest absolute Gasteiger partial charge is 0.421 e. The fourth-order valence-corrected chi connectivity index (χ4v) is 3.13. The summed E-state index contributed by atoms with van der Waals surface area (Å²) in [4.78, 5) is 39.8. The average molecular weight is 407 g/mol. The van der Waals surface area contributed by atoms with E-state index in [0.717, 1.165) is 10.5 Å². The van der Waals surface area contributed by atoms with Crippen molar-refractivity contribution in [1.82, 2.24) is 4.90 Å². The summed E-state index contributed by atoms with van der Waals surface area (Å²) < 4.78 is 21.1. The fourth-order valence-electron chi connectivity index (χ4n) is 3.13. The van der Waals surface area contributed by atoms with Gasteiger partial charge in [-0.1, -0.05) is 6.07 Å². The summed E-state index contributed by atoms with van der Waals surface area (Å²) in [5.74, 6) is -0.292. The van der Waals surface area contributed by atoms with Crippen molar-refractivity contribution in [3.05, 3.63) is 29.3 Å². The predicted octanol–water partition coefficient (Wildman–Crippen LogP) is 3.79. The molecule has 2 rings (SSSR count). The van der Waals surface area contributed by atoms with E-state index in [0.29, 0.717) is 11.3 Å². The van der Waals surface area contributed by atoms with Crippen LogP contribution in [0.25, 0.3) is 0 Å². The normalized spacial score (nSPS) is 18.1. The lowest BCUT2D eigenvalue weighted by Gasteiger charge is -2.47. The number of amides is 2. The molecule has 0 N–H and O–H groups in total. The second kappa shape index (κ2) is 7.57. The first kappa shape index (κ1) is 22.5. The Hall–Kier alpha value is -2.77. The fraction of sp³-hybridized carbons (Fsp3) is 0.571. The number of methoxy groups -OCH3 is 2. The van der Waals surface area contributed by atoms with Crippen LogP contribution in [-0.4, -0.2) is 48.5 Å². The van der Waals surface area contributed by atoms with Crippen molar-refractivity contribution >= 4 is 18.2 Å². The van der Waals surface area contributed by atoms with Gasteiger partial charge < -0.3 is 18.9 Å². The average Bonchev–Trinajstić information content (AvgIpc) is 2.55. The molecule has 2 amide bonds. The summed E-state index contributed by atoms with van der Waals surface area (Å²) in [6, 6.07) is 5.13. The van der Waals surface area contributed by atoms with Gasteiger partial charge in [0.25, 0.3) is 0 Å². The van der Waals surface area contributed by atoms with Crippen LogP contribution in [0.3, 0.4) is 0 Å². The van der Waals surface area contributed by atoms with Gasteiger partial charge in [-0.3, -0.25) is 0 Å². The van der Waals surface area contributed by atoms with Crippen LogP contribution in [0.5, 0.6) is 5.75 Å². The van der Waals surface area contributed by atoms with Gasteiger partial charge in [0.05, 0.1) is 14.2 Å². The molecule has 0 fully saturated rings. The monoisotopic (exact) mass is 407 g/mol. The number of benzene rings is 1. The predicted molar refractivity (Wildman–Crippen MR) is 105 cm³/mol. The van der Waals surface area contributed by atoms with E-state index >= 15 is 0 Å². The highest BCUT2D eigenvalue weighted by molar-refractivity contribution is 5.99. The Morgan fingerprint density at radius 1 is 0.931 bits per heavy atom. The zero-order valence-corrected chi connectivity index (χ0v) is 18.2. The number of esters is 1. The van der Waals surface area contributed by atoms with E-state index in [1.165, 1.54) is 14.2 Å². The van der Waals surface area contributed by atoms with E-state index in [9.17, 15) is 14.4 Å². The molecular formula is C21H29NO7. The molecule has 0 radical (unpaired) electrons. The first-order valence-electron chi connectivity index (χ1n) is 9.27. The van der Waals surface area contributed by atoms with E-state index in [1.807, 2.05) is 0 Å². The van der Waals surface area contributed by atoms with Gasteiger partial charge in [0, 0.05) is 6.42 Å². The van der Waals surface area contributed by atoms with Gasteiger partial charge in [0.1, 0.15) is 17.0 Å². The lowest BCUT2D eigenvalue weighted by atomic mass is 9.69. The van der Waals surface area contributed by atoms with Gasteiger partial charge >= 0.3 is 18.2 Å². The SMILES string of the molecule is COC(=O)C1(N(C(=O)OC(C)(C)C)C(=O)OC(C)(C)C)Cc2ccc(OC)cc21. The standard InChI is InChI=1S/C21H29NO7/c1-19(2,3)28-17(24)22(18(25)29-20(4,5)6)21(16(23)27-8)12-13-9-10-14(26-7)11-15(13)21/h9-11H,12H2,1-8H3. The minimum absolute atomic E-state index is 0.0808. The number of fused-ring (bicyclic) bond motifs is 1. The van der Waals surface area contributed by atoms with Crippen LogP contribution in [-0.2, 0) is 31.0 Å². The summed E-state index contributed by atoms with van der Waals surface area (Å²) in [5, 5.41) is 0. The molecule has 8 heteroatoms. The van der Waals surface area contributed by atoms with Gasteiger partial charge in [0.2, 0.25) is 0 Å². The molecule has 0 saturated heterocycles. The molecule has 0 heterocycles. The van der Waals surface area contributed by atoms with Crippen molar-refractivity contribution in [3.63, 3.8) is 0 Å². The van der Waals surface area contributed by atoms with Crippen molar-refractivity contribution in [2.45, 2.75) is 64.7 Å². The van der Waals surface area contributed by atoms with E-state index in [-0.39, 0.29) is 6.42 Å². The van der Waals surface area contributed by atoms with Gasteiger partial charge in [-0.25, -0.2) is 14.4 Å². The molecule has 8 nitrogen and oxygen atoms in total. The third kappa shape index (κ3) is 4.46. The number of carbonyl (C=O) groups is 3. The van der Waals surface area contributed by atoms with Crippen LogP contribution in [0.1, 0.15) is 52.7 Å². The maximum atomic E-state index is 13.1. The molecule has 0 saturated carbocycles. The van der Waals surface area contributed by atoms with Crippen molar-refractivity contribution in [3.8, 4) is 5.75 Å². The van der Waals surface area contributed by atoms with Crippen molar-refractivity contribution < 1.29 is 33.3 Å². The maximum Gasteiger partial charge on any atom is 0.421 e. The van der Waals surface area contributed by atoms with Crippen molar-refractivity contribution in [2.75, 3.05) is 14.2 Å². The molecule has 29 heavy (non-hydrogen) atoms. The number of rotatable bonds is 3. The van der Waals surface area contributed by atoms with Crippen molar-refractivity contribution in [2.24, 2.45) is 0 Å². The molecule has 160 valence electrons. The maximum absolute atomic E-state index is 13.1. The van der Waals surface area contributed by atoms with E-state index in [4.69, 9.17) is 18.9 Å². The zero-order chi connectivity index (χ0) is 22.2. The van der Waals surface area contributed by atoms with E-state index in [2.05, 4.69) is 0 Å². The summed E-state index contributed by atoms with van der Waals surface area (Å²) in [7, 11) is 2.68. The molecule has 0 bridgehead atoms. The molecule has 0 aromatic heterocycles. The molecule has 0 aliphatic heterocycles. The van der Waals surface area contributed by atoms with Crippen LogP contribution in [0, 0.1) is 0 Å². The Balaban J connectivity index is 2.64. The second-order valence-corrected chi connectivity index (χ2v) is 8.85. The van der Waals surface area contributed by atoms with E-state index < -0.39 is 34.9 Å². The highest BCUT2D eigenvalue weighted by Gasteiger charge is 2.61. The van der Waals surface area contributed by atoms with Gasteiger partial charge in [-0.2, -0.15) is 4.90 Å². The van der Waals surface area contributed by atoms with Crippen LogP contribution in [0.4, 0.5) is 9.59 Å². The number of nitrogens with zero attached hydrogens (tertiary/aromatic N) is 1. The lowest BCUT2D eigenvalue weighted by Crippen LogP contribution is -2.64. The molecule has 1 aliphatic carbocycles. The largest absolute Gasteiger partial charge is 0.497 e. The first-order chi connectivity index (χ1) is 13.2. The van der Waals surface area contributed by atoms with Crippen LogP contribution in [0.2, 0.25) is 0 Å². The minimum Gasteiger partial charge on any atom is -0.497 e. The topological polar surface area (TPSA) is 91.4 Å². The van der Waals surface area contributed by atoms with Gasteiger partial charge in [-0.05, 0) is 64.8 Å².